The highest BCUT2D eigenvalue weighted by Gasteiger charge is 2.19. The molecule has 0 unspecified atom stereocenters. The third kappa shape index (κ3) is 4.57. The molecule has 1 saturated heterocycles. The van der Waals surface area contributed by atoms with Crippen LogP contribution in [0.1, 0.15) is 31.4 Å². The van der Waals surface area contributed by atoms with Crippen LogP contribution in [-0.2, 0) is 6.54 Å². The summed E-state index contributed by atoms with van der Waals surface area (Å²) in [6.45, 7) is 5.91. The maximum absolute atomic E-state index is 9.04. The van der Waals surface area contributed by atoms with Gasteiger partial charge in [-0.25, -0.2) is 9.97 Å². The highest BCUT2D eigenvalue weighted by molar-refractivity contribution is 5.80. The van der Waals surface area contributed by atoms with Gasteiger partial charge in [0.25, 0.3) is 0 Å². The number of aliphatic hydroxyl groups is 1. The van der Waals surface area contributed by atoms with Crippen LogP contribution in [0, 0.1) is 12.8 Å². The number of hydrogen-bond acceptors (Lipinski definition) is 6. The van der Waals surface area contributed by atoms with Gasteiger partial charge in [0.2, 0.25) is 5.95 Å². The summed E-state index contributed by atoms with van der Waals surface area (Å²) >= 11 is 0. The molecule has 1 aromatic carbocycles. The summed E-state index contributed by atoms with van der Waals surface area (Å²) in [6, 6.07) is 10.3. The second kappa shape index (κ2) is 9.33. The standard InChI is InChI=1S/C22H30N6O/c1-16-19-21(27-22(25-16)24-11-5-15-29)28(14-10-17-8-12-23-13-9-17)20(26-19)18-6-3-2-4-7-18/h2-4,6-7,17,23,29H,5,8-15H2,1H3,(H,24,25,27). The lowest BCUT2D eigenvalue weighted by Crippen LogP contribution is -2.28. The fourth-order valence-corrected chi connectivity index (χ4v) is 4.00. The molecule has 7 nitrogen and oxygen atoms in total. The molecule has 0 spiro atoms. The first-order valence-corrected chi connectivity index (χ1v) is 10.6. The molecule has 3 aromatic rings. The van der Waals surface area contributed by atoms with Crippen LogP contribution in [0.2, 0.25) is 0 Å². The minimum Gasteiger partial charge on any atom is -0.396 e. The lowest BCUT2D eigenvalue weighted by atomic mass is 9.95. The molecule has 4 rings (SSSR count). The fraction of sp³-hybridized carbons (Fsp3) is 0.500. The van der Waals surface area contributed by atoms with E-state index in [4.69, 9.17) is 15.1 Å². The smallest absolute Gasteiger partial charge is 0.225 e. The first kappa shape index (κ1) is 19.8. The van der Waals surface area contributed by atoms with E-state index in [9.17, 15) is 0 Å². The number of nitrogens with zero attached hydrogens (tertiary/aromatic N) is 4. The topological polar surface area (TPSA) is 87.9 Å². The normalized spacial score (nSPS) is 15.1. The number of anilines is 1. The van der Waals surface area contributed by atoms with Crippen LogP contribution < -0.4 is 10.6 Å². The number of benzene rings is 1. The molecular formula is C22H30N6O. The van der Waals surface area contributed by atoms with Gasteiger partial charge in [-0.05, 0) is 51.6 Å². The lowest BCUT2D eigenvalue weighted by molar-refractivity contribution is 0.292. The summed E-state index contributed by atoms with van der Waals surface area (Å²) in [5.74, 6) is 2.30. The van der Waals surface area contributed by atoms with Gasteiger partial charge in [0.15, 0.2) is 5.65 Å². The van der Waals surface area contributed by atoms with Crippen molar-refractivity contribution in [3.8, 4) is 11.4 Å². The highest BCUT2D eigenvalue weighted by Crippen LogP contribution is 2.28. The molecular weight excluding hydrogens is 364 g/mol. The van der Waals surface area contributed by atoms with Crippen molar-refractivity contribution >= 4 is 17.1 Å². The molecule has 0 atom stereocenters. The zero-order valence-electron chi connectivity index (χ0n) is 17.1. The van der Waals surface area contributed by atoms with E-state index in [0.29, 0.717) is 18.9 Å². The Morgan fingerprint density at radius 1 is 1.14 bits per heavy atom. The van der Waals surface area contributed by atoms with Gasteiger partial charge >= 0.3 is 0 Å². The summed E-state index contributed by atoms with van der Waals surface area (Å²) in [5, 5.41) is 15.7. The van der Waals surface area contributed by atoms with Crippen molar-refractivity contribution in [2.75, 3.05) is 31.6 Å². The van der Waals surface area contributed by atoms with Crippen molar-refractivity contribution in [3.05, 3.63) is 36.0 Å². The number of aryl methyl sites for hydroxylation is 2. The second-order valence-corrected chi connectivity index (χ2v) is 7.74. The molecule has 3 heterocycles. The van der Waals surface area contributed by atoms with Gasteiger partial charge in [0, 0.05) is 25.3 Å². The number of rotatable bonds is 8. The Morgan fingerprint density at radius 2 is 1.93 bits per heavy atom. The lowest BCUT2D eigenvalue weighted by Gasteiger charge is -2.23. The fourth-order valence-electron chi connectivity index (χ4n) is 4.00. The zero-order valence-corrected chi connectivity index (χ0v) is 17.1. The zero-order chi connectivity index (χ0) is 20.1. The van der Waals surface area contributed by atoms with Gasteiger partial charge in [-0.3, -0.25) is 0 Å². The van der Waals surface area contributed by atoms with Crippen LogP contribution in [0.3, 0.4) is 0 Å². The molecule has 3 N–H and O–H groups in total. The number of imidazole rings is 1. The van der Waals surface area contributed by atoms with E-state index in [1.165, 1.54) is 12.8 Å². The van der Waals surface area contributed by atoms with E-state index in [-0.39, 0.29) is 6.61 Å². The van der Waals surface area contributed by atoms with Crippen molar-refractivity contribution < 1.29 is 5.11 Å². The quantitative estimate of drug-likeness (QED) is 0.509. The van der Waals surface area contributed by atoms with Crippen molar-refractivity contribution in [3.63, 3.8) is 0 Å². The van der Waals surface area contributed by atoms with E-state index < -0.39 is 0 Å². The predicted molar refractivity (Wildman–Crippen MR) is 116 cm³/mol. The maximum atomic E-state index is 9.04. The molecule has 2 aromatic heterocycles. The van der Waals surface area contributed by atoms with Crippen LogP contribution in [0.15, 0.2) is 30.3 Å². The summed E-state index contributed by atoms with van der Waals surface area (Å²) in [6.07, 6.45) is 4.26. The molecule has 0 bridgehead atoms. The molecule has 7 heteroatoms. The largest absolute Gasteiger partial charge is 0.396 e. The summed E-state index contributed by atoms with van der Waals surface area (Å²) in [5.41, 5.74) is 3.72. The molecule has 1 aliphatic heterocycles. The SMILES string of the molecule is Cc1nc(NCCCO)nc2c1nc(-c1ccccc1)n2CCC1CCNCC1. The Labute approximate surface area is 171 Å². The Kier molecular flexibility index (Phi) is 6.36. The average Bonchev–Trinajstić information content (AvgIpc) is 3.13. The van der Waals surface area contributed by atoms with Crippen molar-refractivity contribution in [2.45, 2.75) is 39.2 Å². The van der Waals surface area contributed by atoms with Crippen LogP contribution in [0.4, 0.5) is 5.95 Å². The van der Waals surface area contributed by atoms with E-state index in [0.717, 1.165) is 60.2 Å². The molecule has 0 saturated carbocycles. The third-order valence-electron chi connectivity index (χ3n) is 5.64. The number of piperidine rings is 1. The third-order valence-corrected chi connectivity index (χ3v) is 5.64. The number of hydrogen-bond donors (Lipinski definition) is 3. The van der Waals surface area contributed by atoms with Gasteiger partial charge in [-0.1, -0.05) is 30.3 Å². The summed E-state index contributed by atoms with van der Waals surface area (Å²) < 4.78 is 2.26. The molecule has 0 radical (unpaired) electrons. The minimum absolute atomic E-state index is 0.153. The van der Waals surface area contributed by atoms with Crippen molar-refractivity contribution in [1.82, 2.24) is 24.8 Å². The molecule has 0 aliphatic carbocycles. The number of aliphatic hydroxyl groups excluding tert-OH is 1. The predicted octanol–water partition coefficient (Wildman–Crippen LogP) is 2.99. The van der Waals surface area contributed by atoms with Crippen LogP contribution in [0.25, 0.3) is 22.6 Å². The Hall–Kier alpha value is -2.51. The first-order valence-electron chi connectivity index (χ1n) is 10.6. The van der Waals surface area contributed by atoms with Gasteiger partial charge < -0.3 is 20.3 Å². The van der Waals surface area contributed by atoms with Gasteiger partial charge in [-0.15, -0.1) is 0 Å². The van der Waals surface area contributed by atoms with Crippen LogP contribution in [-0.4, -0.2) is 50.9 Å². The van der Waals surface area contributed by atoms with Crippen LogP contribution >= 0.6 is 0 Å². The van der Waals surface area contributed by atoms with E-state index in [2.05, 4.69) is 32.3 Å². The van der Waals surface area contributed by atoms with Crippen LogP contribution in [0.5, 0.6) is 0 Å². The highest BCUT2D eigenvalue weighted by atomic mass is 16.3. The summed E-state index contributed by atoms with van der Waals surface area (Å²) in [7, 11) is 0. The number of fused-ring (bicyclic) bond motifs is 1. The Balaban J connectivity index is 1.70. The van der Waals surface area contributed by atoms with E-state index in [1.54, 1.807) is 0 Å². The first-order chi connectivity index (χ1) is 14.3. The molecule has 1 aliphatic rings. The summed E-state index contributed by atoms with van der Waals surface area (Å²) in [4.78, 5) is 14.3. The van der Waals surface area contributed by atoms with Gasteiger partial charge in [0.1, 0.15) is 11.3 Å². The molecule has 0 amide bonds. The Morgan fingerprint density at radius 3 is 2.69 bits per heavy atom. The van der Waals surface area contributed by atoms with Crippen molar-refractivity contribution in [2.24, 2.45) is 5.92 Å². The van der Waals surface area contributed by atoms with E-state index in [1.807, 2.05) is 25.1 Å². The van der Waals surface area contributed by atoms with Gasteiger partial charge in [-0.2, -0.15) is 4.98 Å². The molecule has 29 heavy (non-hydrogen) atoms. The monoisotopic (exact) mass is 394 g/mol. The Bertz CT molecular complexity index is 933. The molecule has 1 fully saturated rings. The van der Waals surface area contributed by atoms with E-state index >= 15 is 0 Å². The maximum Gasteiger partial charge on any atom is 0.225 e. The second-order valence-electron chi connectivity index (χ2n) is 7.74. The number of aromatic nitrogens is 4. The molecule has 154 valence electrons. The minimum atomic E-state index is 0.153. The average molecular weight is 395 g/mol. The van der Waals surface area contributed by atoms with Gasteiger partial charge in [0.05, 0.1) is 5.69 Å². The van der Waals surface area contributed by atoms with Crippen molar-refractivity contribution in [1.29, 1.82) is 0 Å². The number of nitrogens with one attached hydrogen (secondary N) is 2.